The number of para-hydroxylation sites is 1. The minimum atomic E-state index is -0.709. The maximum absolute atomic E-state index is 13.9. The van der Waals surface area contributed by atoms with E-state index in [1.165, 1.54) is 17.8 Å². The summed E-state index contributed by atoms with van der Waals surface area (Å²) in [6, 6.07) is 20.7. The molecule has 0 saturated heterocycles. The number of carbonyl (C=O) groups is 2. The number of fused-ring (bicyclic) bond motifs is 1. The van der Waals surface area contributed by atoms with Crippen LogP contribution in [-0.4, -0.2) is 37.7 Å². The molecule has 8 heteroatoms. The molecule has 0 spiro atoms. The summed E-state index contributed by atoms with van der Waals surface area (Å²) in [6.45, 7) is 0.332. The molecule has 2 aromatic carbocycles. The highest BCUT2D eigenvalue weighted by Crippen LogP contribution is 2.29. The first-order valence-corrected chi connectivity index (χ1v) is 13.0. The molecule has 4 aromatic rings. The number of nitrogens with zero attached hydrogens (tertiary/aromatic N) is 4. The smallest absolute Gasteiger partial charge is 0.248 e. The van der Waals surface area contributed by atoms with Gasteiger partial charge in [0.1, 0.15) is 18.1 Å². The van der Waals surface area contributed by atoms with Crippen LogP contribution in [-0.2, 0) is 22.7 Å². The molecule has 180 valence electrons. The van der Waals surface area contributed by atoms with Gasteiger partial charge in [0.2, 0.25) is 11.8 Å². The van der Waals surface area contributed by atoms with E-state index in [4.69, 9.17) is 0 Å². The summed E-state index contributed by atoms with van der Waals surface area (Å²) in [5.41, 5.74) is 2.50. The second-order valence-electron chi connectivity index (χ2n) is 9.00. The van der Waals surface area contributed by atoms with Gasteiger partial charge in [-0.25, -0.2) is 4.68 Å². The Hall–Kier alpha value is -3.52. The minimum absolute atomic E-state index is 0.00588. The molecule has 1 fully saturated rings. The van der Waals surface area contributed by atoms with Crippen LogP contribution in [0.1, 0.15) is 48.6 Å². The summed E-state index contributed by atoms with van der Waals surface area (Å²) in [4.78, 5) is 30.1. The molecule has 0 bridgehead atoms. The van der Waals surface area contributed by atoms with Crippen molar-refractivity contribution in [3.63, 3.8) is 0 Å². The number of thiophene rings is 1. The fourth-order valence-corrected chi connectivity index (χ4v) is 5.59. The Bertz CT molecular complexity index is 1270. The van der Waals surface area contributed by atoms with Crippen LogP contribution in [0.25, 0.3) is 11.0 Å². The van der Waals surface area contributed by atoms with Gasteiger partial charge in [-0.2, -0.15) is 0 Å². The maximum Gasteiger partial charge on any atom is 0.248 e. The summed E-state index contributed by atoms with van der Waals surface area (Å²) in [7, 11) is 0. The van der Waals surface area contributed by atoms with Gasteiger partial charge in [0.15, 0.2) is 0 Å². The predicted molar refractivity (Wildman–Crippen MR) is 137 cm³/mol. The fourth-order valence-electron chi connectivity index (χ4n) is 4.75. The van der Waals surface area contributed by atoms with Gasteiger partial charge in [-0.3, -0.25) is 9.59 Å². The van der Waals surface area contributed by atoms with Gasteiger partial charge >= 0.3 is 0 Å². The van der Waals surface area contributed by atoms with Gasteiger partial charge < -0.3 is 10.2 Å². The molecule has 1 N–H and O–H groups in total. The van der Waals surface area contributed by atoms with E-state index in [1.807, 2.05) is 72.1 Å². The third-order valence-corrected chi connectivity index (χ3v) is 7.47. The van der Waals surface area contributed by atoms with Crippen molar-refractivity contribution in [2.45, 2.75) is 57.3 Å². The monoisotopic (exact) mass is 487 g/mol. The normalized spacial score (nSPS) is 15.1. The zero-order valence-electron chi connectivity index (χ0n) is 19.5. The van der Waals surface area contributed by atoms with E-state index in [-0.39, 0.29) is 24.4 Å². The minimum Gasteiger partial charge on any atom is -0.351 e. The van der Waals surface area contributed by atoms with Crippen molar-refractivity contribution in [1.29, 1.82) is 0 Å². The van der Waals surface area contributed by atoms with Gasteiger partial charge in [0, 0.05) is 17.5 Å². The number of benzene rings is 2. The highest BCUT2D eigenvalue weighted by molar-refractivity contribution is 7.10. The van der Waals surface area contributed by atoms with Gasteiger partial charge in [-0.05, 0) is 42.0 Å². The van der Waals surface area contributed by atoms with E-state index in [9.17, 15) is 9.59 Å². The van der Waals surface area contributed by atoms with Crippen molar-refractivity contribution < 1.29 is 9.59 Å². The molecule has 2 heterocycles. The lowest BCUT2D eigenvalue weighted by Gasteiger charge is -2.32. The number of carbonyl (C=O) groups excluding carboxylic acids is 2. The summed E-state index contributed by atoms with van der Waals surface area (Å²) in [5, 5.41) is 13.6. The Morgan fingerprint density at radius 2 is 1.77 bits per heavy atom. The van der Waals surface area contributed by atoms with Crippen molar-refractivity contribution in [2.75, 3.05) is 0 Å². The van der Waals surface area contributed by atoms with Crippen LogP contribution >= 0.6 is 11.3 Å². The van der Waals surface area contributed by atoms with E-state index in [2.05, 4.69) is 15.6 Å². The van der Waals surface area contributed by atoms with Crippen LogP contribution in [0.3, 0.4) is 0 Å². The Balaban J connectivity index is 1.47. The summed E-state index contributed by atoms with van der Waals surface area (Å²) >= 11 is 1.50. The first kappa shape index (κ1) is 23.2. The average Bonchev–Trinajstić information content (AvgIpc) is 3.56. The SMILES string of the molecule is O=C(NC1CCCCC1)[C@@H](c1cccs1)N(Cc1ccccc1)C(=O)Cn1nnc2ccccc21. The molecule has 2 aromatic heterocycles. The summed E-state index contributed by atoms with van der Waals surface area (Å²) in [5.74, 6) is -0.297. The van der Waals surface area contributed by atoms with E-state index in [0.29, 0.717) is 6.54 Å². The molecule has 1 saturated carbocycles. The predicted octanol–water partition coefficient (Wildman–Crippen LogP) is 4.71. The summed E-state index contributed by atoms with van der Waals surface area (Å²) in [6.07, 6.45) is 5.44. The molecule has 1 atom stereocenters. The Kier molecular flexibility index (Phi) is 7.18. The maximum atomic E-state index is 13.9. The number of rotatable bonds is 8. The van der Waals surface area contributed by atoms with E-state index in [1.54, 1.807) is 9.58 Å². The van der Waals surface area contributed by atoms with Crippen LogP contribution in [0.15, 0.2) is 72.1 Å². The fraction of sp³-hybridized carbons (Fsp3) is 0.333. The van der Waals surface area contributed by atoms with Gasteiger partial charge in [0.25, 0.3) is 0 Å². The third-order valence-electron chi connectivity index (χ3n) is 6.55. The second kappa shape index (κ2) is 10.8. The van der Waals surface area contributed by atoms with E-state index in [0.717, 1.165) is 47.2 Å². The standard InChI is InChI=1S/C27H29N5O2S/c33-25(19-32-23-15-8-7-14-22(23)29-30-32)31(18-20-10-3-1-4-11-20)26(24-16-9-17-35-24)27(34)28-21-12-5-2-6-13-21/h1,3-4,7-11,14-17,21,26H,2,5-6,12-13,18-19H2,(H,28,34)/t26-/m1/s1. The van der Waals surface area contributed by atoms with Gasteiger partial charge in [-0.15, -0.1) is 16.4 Å². The topological polar surface area (TPSA) is 80.1 Å². The third kappa shape index (κ3) is 5.43. The molecular weight excluding hydrogens is 458 g/mol. The van der Waals surface area contributed by atoms with Crippen molar-refractivity contribution in [2.24, 2.45) is 0 Å². The zero-order valence-corrected chi connectivity index (χ0v) is 20.4. The average molecular weight is 488 g/mol. The number of aromatic nitrogens is 3. The molecule has 2 amide bonds. The van der Waals surface area contributed by atoms with Crippen LogP contribution in [0.4, 0.5) is 0 Å². The molecule has 0 unspecified atom stereocenters. The summed E-state index contributed by atoms with van der Waals surface area (Å²) < 4.78 is 1.61. The van der Waals surface area contributed by atoms with E-state index >= 15 is 0 Å². The van der Waals surface area contributed by atoms with Gasteiger partial charge in [0.05, 0.1) is 5.52 Å². The van der Waals surface area contributed by atoms with Crippen LogP contribution in [0.5, 0.6) is 0 Å². The second-order valence-corrected chi connectivity index (χ2v) is 9.98. The molecule has 7 nitrogen and oxygen atoms in total. The zero-order chi connectivity index (χ0) is 24.0. The van der Waals surface area contributed by atoms with Crippen LogP contribution in [0, 0.1) is 0 Å². The lowest BCUT2D eigenvalue weighted by molar-refractivity contribution is -0.142. The number of nitrogens with one attached hydrogen (secondary N) is 1. The molecule has 1 aliphatic rings. The van der Waals surface area contributed by atoms with Crippen molar-refractivity contribution >= 4 is 34.2 Å². The Morgan fingerprint density at radius 3 is 2.54 bits per heavy atom. The lowest BCUT2D eigenvalue weighted by Crippen LogP contribution is -2.47. The molecule has 5 rings (SSSR count). The Morgan fingerprint density at radius 1 is 1.00 bits per heavy atom. The lowest BCUT2D eigenvalue weighted by atomic mass is 9.95. The quantitative estimate of drug-likeness (QED) is 0.390. The molecule has 0 radical (unpaired) electrons. The van der Waals surface area contributed by atoms with Crippen molar-refractivity contribution in [1.82, 2.24) is 25.2 Å². The van der Waals surface area contributed by atoms with Crippen molar-refractivity contribution in [3.05, 3.63) is 82.6 Å². The largest absolute Gasteiger partial charge is 0.351 e. The number of hydrogen-bond acceptors (Lipinski definition) is 5. The Labute approximate surface area is 208 Å². The van der Waals surface area contributed by atoms with Crippen LogP contribution in [0.2, 0.25) is 0 Å². The van der Waals surface area contributed by atoms with Gasteiger partial charge in [-0.1, -0.05) is 73.0 Å². The van der Waals surface area contributed by atoms with Crippen molar-refractivity contribution in [3.8, 4) is 0 Å². The highest BCUT2D eigenvalue weighted by Gasteiger charge is 2.34. The molecule has 0 aliphatic heterocycles. The van der Waals surface area contributed by atoms with Crippen LogP contribution < -0.4 is 5.32 Å². The number of amides is 2. The first-order chi connectivity index (χ1) is 17.2. The molecular formula is C27H29N5O2S. The number of hydrogen-bond donors (Lipinski definition) is 1. The highest BCUT2D eigenvalue weighted by atomic mass is 32.1. The first-order valence-electron chi connectivity index (χ1n) is 12.1. The molecule has 35 heavy (non-hydrogen) atoms. The molecule has 1 aliphatic carbocycles. The van der Waals surface area contributed by atoms with E-state index < -0.39 is 6.04 Å².